The van der Waals surface area contributed by atoms with Gasteiger partial charge in [-0.15, -0.1) is 5.10 Å². The standard InChI is InChI=1S/C20H19N5O2/c26-20-14-16-13-17(8-9-18(16)21-20)27-11-5-4-10-25-19(22-23-24-25)12-15-6-2-1-3-7-15/h1-3,6-9,13-14H,4-5,10-12H2. The third kappa shape index (κ3) is 4.25. The van der Waals surface area contributed by atoms with Crippen LogP contribution in [0.1, 0.15) is 24.2 Å². The number of aryl methyl sites for hydroxylation is 1. The molecule has 0 unspecified atom stereocenters. The summed E-state index contributed by atoms with van der Waals surface area (Å²) in [5, 5.41) is 13.5. The van der Waals surface area contributed by atoms with Gasteiger partial charge in [0.15, 0.2) is 5.82 Å². The SMILES string of the molecule is O=C1C=c2cc(OCCCCn3nnnc3Cc3ccccc3)ccc2=N1. The Bertz CT molecular complexity index is 1060. The summed E-state index contributed by atoms with van der Waals surface area (Å²) in [5.41, 5.74) is 1.19. The predicted octanol–water partition coefficient (Wildman–Crippen LogP) is 1.06. The van der Waals surface area contributed by atoms with Crippen molar-refractivity contribution in [2.45, 2.75) is 25.8 Å². The van der Waals surface area contributed by atoms with Gasteiger partial charge in [0, 0.05) is 24.3 Å². The maximum absolute atomic E-state index is 11.3. The monoisotopic (exact) mass is 361 g/mol. The first kappa shape index (κ1) is 17.1. The number of fused-ring (bicyclic) bond motifs is 1. The summed E-state index contributed by atoms with van der Waals surface area (Å²) in [6.45, 7) is 1.35. The summed E-state index contributed by atoms with van der Waals surface area (Å²) in [4.78, 5) is 15.2. The number of amides is 1. The summed E-state index contributed by atoms with van der Waals surface area (Å²) >= 11 is 0. The summed E-state index contributed by atoms with van der Waals surface area (Å²) in [6, 6.07) is 15.7. The lowest BCUT2D eigenvalue weighted by Gasteiger charge is -2.07. The molecule has 3 aromatic rings. The van der Waals surface area contributed by atoms with Crippen molar-refractivity contribution >= 4 is 12.0 Å². The van der Waals surface area contributed by atoms with Crippen molar-refractivity contribution < 1.29 is 9.53 Å². The number of hydrogen-bond acceptors (Lipinski definition) is 5. The highest BCUT2D eigenvalue weighted by Crippen LogP contribution is 2.08. The number of hydrogen-bond donors (Lipinski definition) is 0. The molecule has 0 atom stereocenters. The zero-order valence-electron chi connectivity index (χ0n) is 14.8. The molecular formula is C20H19N5O2. The van der Waals surface area contributed by atoms with Gasteiger partial charge >= 0.3 is 0 Å². The average molecular weight is 361 g/mol. The normalized spacial score (nSPS) is 12.4. The summed E-state index contributed by atoms with van der Waals surface area (Å²) in [6.07, 6.45) is 4.04. The van der Waals surface area contributed by atoms with E-state index in [1.807, 2.05) is 41.1 Å². The van der Waals surface area contributed by atoms with Crippen LogP contribution in [-0.4, -0.2) is 32.7 Å². The second-order valence-corrected chi connectivity index (χ2v) is 6.35. The van der Waals surface area contributed by atoms with Crippen molar-refractivity contribution in [3.63, 3.8) is 0 Å². The van der Waals surface area contributed by atoms with Crippen molar-refractivity contribution in [1.29, 1.82) is 0 Å². The zero-order chi connectivity index (χ0) is 18.5. The van der Waals surface area contributed by atoms with Gasteiger partial charge < -0.3 is 4.74 Å². The quantitative estimate of drug-likeness (QED) is 0.561. The molecule has 0 saturated heterocycles. The fourth-order valence-corrected chi connectivity index (χ4v) is 2.98. The highest BCUT2D eigenvalue weighted by Gasteiger charge is 2.07. The molecule has 1 aromatic heterocycles. The lowest BCUT2D eigenvalue weighted by molar-refractivity contribution is -0.112. The predicted molar refractivity (Wildman–Crippen MR) is 98.5 cm³/mol. The highest BCUT2D eigenvalue weighted by atomic mass is 16.5. The van der Waals surface area contributed by atoms with Gasteiger partial charge in [-0.25, -0.2) is 9.67 Å². The molecule has 136 valence electrons. The largest absolute Gasteiger partial charge is 0.494 e. The number of carbonyl (C=O) groups excluding carboxylic acids is 1. The van der Waals surface area contributed by atoms with E-state index < -0.39 is 0 Å². The third-order valence-electron chi connectivity index (χ3n) is 4.35. The van der Waals surface area contributed by atoms with Crippen molar-refractivity contribution in [2.75, 3.05) is 6.61 Å². The molecule has 1 amide bonds. The van der Waals surface area contributed by atoms with Gasteiger partial charge in [-0.1, -0.05) is 30.3 Å². The van der Waals surface area contributed by atoms with Crippen LogP contribution < -0.4 is 15.3 Å². The minimum Gasteiger partial charge on any atom is -0.494 e. The lowest BCUT2D eigenvalue weighted by Crippen LogP contribution is -2.20. The summed E-state index contributed by atoms with van der Waals surface area (Å²) < 4.78 is 7.63. The molecule has 0 saturated carbocycles. The summed E-state index contributed by atoms with van der Waals surface area (Å²) in [7, 11) is 0. The molecule has 7 nitrogen and oxygen atoms in total. The van der Waals surface area contributed by atoms with Gasteiger partial charge in [-0.3, -0.25) is 4.79 Å². The van der Waals surface area contributed by atoms with Crippen LogP contribution >= 0.6 is 0 Å². The van der Waals surface area contributed by atoms with Gasteiger partial charge in [0.05, 0.1) is 12.0 Å². The minimum absolute atomic E-state index is 0.213. The molecule has 0 spiro atoms. The topological polar surface area (TPSA) is 82.3 Å². The third-order valence-corrected chi connectivity index (χ3v) is 4.35. The number of rotatable bonds is 8. The molecule has 0 fully saturated rings. The maximum atomic E-state index is 11.3. The van der Waals surface area contributed by atoms with Gasteiger partial charge in [0.25, 0.3) is 5.91 Å². The van der Waals surface area contributed by atoms with E-state index in [-0.39, 0.29) is 5.91 Å². The molecule has 0 N–H and O–H groups in total. The van der Waals surface area contributed by atoms with Crippen molar-refractivity contribution in [3.05, 3.63) is 70.5 Å². The van der Waals surface area contributed by atoms with E-state index in [1.165, 1.54) is 11.6 Å². The van der Waals surface area contributed by atoms with Crippen molar-refractivity contribution in [1.82, 2.24) is 20.2 Å². The van der Waals surface area contributed by atoms with Crippen LogP contribution in [0.2, 0.25) is 0 Å². The molecule has 7 heteroatoms. The van der Waals surface area contributed by atoms with E-state index in [4.69, 9.17) is 4.74 Å². The highest BCUT2D eigenvalue weighted by molar-refractivity contribution is 6.06. The fourth-order valence-electron chi connectivity index (χ4n) is 2.98. The lowest BCUT2D eigenvalue weighted by atomic mass is 10.1. The smallest absolute Gasteiger partial charge is 0.270 e. The molecule has 0 bridgehead atoms. The van der Waals surface area contributed by atoms with Crippen molar-refractivity contribution in [2.24, 2.45) is 4.99 Å². The van der Waals surface area contributed by atoms with E-state index in [2.05, 4.69) is 32.7 Å². The zero-order valence-corrected chi connectivity index (χ0v) is 14.8. The first-order valence-corrected chi connectivity index (χ1v) is 8.94. The Balaban J connectivity index is 1.25. The number of ether oxygens (including phenoxy) is 1. The second kappa shape index (κ2) is 7.90. The van der Waals surface area contributed by atoms with Crippen LogP contribution in [0.3, 0.4) is 0 Å². The number of benzene rings is 2. The van der Waals surface area contributed by atoms with Crippen LogP contribution in [0.15, 0.2) is 53.5 Å². The van der Waals surface area contributed by atoms with Crippen LogP contribution in [0.4, 0.5) is 0 Å². The molecular weight excluding hydrogens is 342 g/mol. The van der Waals surface area contributed by atoms with Crippen LogP contribution in [-0.2, 0) is 17.8 Å². The fraction of sp³-hybridized carbons (Fsp3) is 0.250. The van der Waals surface area contributed by atoms with E-state index in [0.29, 0.717) is 12.0 Å². The number of carbonyl (C=O) groups is 1. The number of aromatic nitrogens is 4. The molecule has 2 aromatic carbocycles. The Hall–Kier alpha value is -3.35. The molecule has 0 radical (unpaired) electrons. The van der Waals surface area contributed by atoms with Gasteiger partial charge in [0.1, 0.15) is 5.75 Å². The Morgan fingerprint density at radius 3 is 2.81 bits per heavy atom. The summed E-state index contributed by atoms with van der Waals surface area (Å²) in [5.74, 6) is 1.40. The second-order valence-electron chi connectivity index (χ2n) is 6.35. The van der Waals surface area contributed by atoms with E-state index in [9.17, 15) is 4.79 Å². The Morgan fingerprint density at radius 1 is 1.04 bits per heavy atom. The Kier molecular flexibility index (Phi) is 5.00. The Labute approximate surface area is 156 Å². The first-order chi connectivity index (χ1) is 13.3. The van der Waals surface area contributed by atoms with Crippen LogP contribution in [0.25, 0.3) is 6.08 Å². The van der Waals surface area contributed by atoms with Gasteiger partial charge in [-0.2, -0.15) is 0 Å². The number of unbranched alkanes of at least 4 members (excludes halogenated alkanes) is 1. The molecule has 1 aliphatic rings. The Morgan fingerprint density at radius 2 is 1.93 bits per heavy atom. The number of tetrazole rings is 1. The van der Waals surface area contributed by atoms with Gasteiger partial charge in [-0.05, 0) is 47.0 Å². The van der Waals surface area contributed by atoms with E-state index >= 15 is 0 Å². The number of nitrogens with zero attached hydrogens (tertiary/aromatic N) is 5. The molecule has 0 aliphatic carbocycles. The molecule has 1 aliphatic heterocycles. The first-order valence-electron chi connectivity index (χ1n) is 8.94. The average Bonchev–Trinajstić information content (AvgIpc) is 3.27. The molecule has 4 rings (SSSR count). The molecule has 27 heavy (non-hydrogen) atoms. The maximum Gasteiger partial charge on any atom is 0.270 e. The van der Waals surface area contributed by atoms with E-state index in [0.717, 1.165) is 42.6 Å². The van der Waals surface area contributed by atoms with E-state index in [1.54, 1.807) is 0 Å². The molecule has 2 heterocycles. The van der Waals surface area contributed by atoms with Gasteiger partial charge in [0.2, 0.25) is 0 Å². The minimum atomic E-state index is -0.213. The van der Waals surface area contributed by atoms with Crippen LogP contribution in [0, 0.1) is 0 Å². The van der Waals surface area contributed by atoms with Crippen LogP contribution in [0.5, 0.6) is 5.75 Å². The van der Waals surface area contributed by atoms with Crippen molar-refractivity contribution in [3.8, 4) is 5.75 Å².